The molecule has 0 radical (unpaired) electrons. The molecular formula is C11H22N2O4S. The SMILES string of the molecule is CCOC(=O)CN(CC)S(=O)(=O)N1CCCCC1. The van der Waals surface area contributed by atoms with Gasteiger partial charge in [0.05, 0.1) is 6.61 Å². The average molecular weight is 278 g/mol. The molecule has 0 saturated carbocycles. The number of hydrogen-bond donors (Lipinski definition) is 0. The van der Waals surface area contributed by atoms with Crippen molar-refractivity contribution in [3.63, 3.8) is 0 Å². The van der Waals surface area contributed by atoms with E-state index < -0.39 is 16.2 Å². The monoisotopic (exact) mass is 278 g/mol. The summed E-state index contributed by atoms with van der Waals surface area (Å²) in [4.78, 5) is 11.4. The van der Waals surface area contributed by atoms with E-state index in [0.717, 1.165) is 19.3 Å². The Hall–Kier alpha value is -0.660. The van der Waals surface area contributed by atoms with E-state index in [1.54, 1.807) is 13.8 Å². The highest BCUT2D eigenvalue weighted by molar-refractivity contribution is 7.86. The fraction of sp³-hybridized carbons (Fsp3) is 0.909. The van der Waals surface area contributed by atoms with Gasteiger partial charge in [0.1, 0.15) is 6.54 Å². The molecule has 0 aromatic heterocycles. The zero-order chi connectivity index (χ0) is 13.6. The maximum atomic E-state index is 12.3. The van der Waals surface area contributed by atoms with Gasteiger partial charge >= 0.3 is 5.97 Å². The molecule has 106 valence electrons. The summed E-state index contributed by atoms with van der Waals surface area (Å²) in [5.74, 6) is -0.500. The third kappa shape index (κ3) is 3.93. The van der Waals surface area contributed by atoms with Crippen LogP contribution in [0.15, 0.2) is 0 Å². The number of likely N-dealkylation sites (N-methyl/N-ethyl adjacent to an activating group) is 1. The second kappa shape index (κ2) is 7.06. The van der Waals surface area contributed by atoms with E-state index >= 15 is 0 Å². The van der Waals surface area contributed by atoms with E-state index in [9.17, 15) is 13.2 Å². The molecule has 1 saturated heterocycles. The number of carbonyl (C=O) groups is 1. The second-order valence-electron chi connectivity index (χ2n) is 4.20. The van der Waals surface area contributed by atoms with E-state index in [0.29, 0.717) is 13.1 Å². The van der Waals surface area contributed by atoms with E-state index in [-0.39, 0.29) is 19.7 Å². The van der Waals surface area contributed by atoms with Crippen molar-refractivity contribution >= 4 is 16.2 Å². The number of hydrogen-bond acceptors (Lipinski definition) is 4. The van der Waals surface area contributed by atoms with Gasteiger partial charge in [0.15, 0.2) is 0 Å². The van der Waals surface area contributed by atoms with Gasteiger partial charge in [-0.2, -0.15) is 17.0 Å². The van der Waals surface area contributed by atoms with Crippen molar-refractivity contribution < 1.29 is 17.9 Å². The lowest BCUT2D eigenvalue weighted by Crippen LogP contribution is -2.47. The number of ether oxygens (including phenoxy) is 1. The lowest BCUT2D eigenvalue weighted by molar-refractivity contribution is -0.143. The standard InChI is InChI=1S/C11H22N2O4S/c1-3-12(10-11(14)17-4-2)18(15,16)13-8-6-5-7-9-13/h3-10H2,1-2H3. The lowest BCUT2D eigenvalue weighted by Gasteiger charge is -2.31. The maximum absolute atomic E-state index is 12.3. The smallest absolute Gasteiger partial charge is 0.321 e. The van der Waals surface area contributed by atoms with Crippen molar-refractivity contribution in [2.45, 2.75) is 33.1 Å². The Morgan fingerprint density at radius 3 is 2.33 bits per heavy atom. The molecule has 6 nitrogen and oxygen atoms in total. The van der Waals surface area contributed by atoms with Gasteiger partial charge in [-0.1, -0.05) is 13.3 Å². The summed E-state index contributed by atoms with van der Waals surface area (Å²) in [5.41, 5.74) is 0. The summed E-state index contributed by atoms with van der Waals surface area (Å²) in [6.07, 6.45) is 2.84. The highest BCUT2D eigenvalue weighted by atomic mass is 32.2. The van der Waals surface area contributed by atoms with Crippen LogP contribution in [0.1, 0.15) is 33.1 Å². The Kier molecular flexibility index (Phi) is 6.04. The molecule has 1 fully saturated rings. The summed E-state index contributed by atoms with van der Waals surface area (Å²) in [5, 5.41) is 0. The molecule has 1 rings (SSSR count). The fourth-order valence-electron chi connectivity index (χ4n) is 1.97. The molecule has 0 unspecified atom stereocenters. The first-order chi connectivity index (χ1) is 8.52. The Bertz CT molecular complexity index is 363. The van der Waals surface area contributed by atoms with Crippen LogP contribution in [-0.4, -0.2) is 55.8 Å². The van der Waals surface area contributed by atoms with Crippen LogP contribution < -0.4 is 0 Å². The van der Waals surface area contributed by atoms with Gasteiger partial charge < -0.3 is 4.74 Å². The van der Waals surface area contributed by atoms with Gasteiger partial charge in [-0.15, -0.1) is 0 Å². The van der Waals surface area contributed by atoms with Crippen LogP contribution in [0, 0.1) is 0 Å². The zero-order valence-corrected chi connectivity index (χ0v) is 11.9. The minimum atomic E-state index is -3.52. The molecule has 0 N–H and O–H groups in total. The number of nitrogens with zero attached hydrogens (tertiary/aromatic N) is 2. The minimum absolute atomic E-state index is 0.205. The highest BCUT2D eigenvalue weighted by Gasteiger charge is 2.31. The van der Waals surface area contributed by atoms with E-state index in [4.69, 9.17) is 4.74 Å². The van der Waals surface area contributed by atoms with Crippen LogP contribution >= 0.6 is 0 Å². The molecule has 0 bridgehead atoms. The largest absolute Gasteiger partial charge is 0.465 e. The molecule has 1 aliphatic heterocycles. The molecule has 0 amide bonds. The molecule has 0 spiro atoms. The topological polar surface area (TPSA) is 66.9 Å². The highest BCUT2D eigenvalue weighted by Crippen LogP contribution is 2.16. The molecule has 0 aromatic rings. The van der Waals surface area contributed by atoms with Crippen LogP contribution in [0.4, 0.5) is 0 Å². The predicted molar refractivity (Wildman–Crippen MR) is 68.2 cm³/mol. The zero-order valence-electron chi connectivity index (χ0n) is 11.1. The Morgan fingerprint density at radius 1 is 1.22 bits per heavy atom. The minimum Gasteiger partial charge on any atom is -0.465 e. The quantitative estimate of drug-likeness (QED) is 0.667. The molecule has 1 heterocycles. The summed E-state index contributed by atoms with van der Waals surface area (Å²) in [6, 6.07) is 0. The third-order valence-corrected chi connectivity index (χ3v) is 4.99. The van der Waals surface area contributed by atoms with Crippen LogP contribution in [0.2, 0.25) is 0 Å². The summed E-state index contributed by atoms with van der Waals surface area (Å²) >= 11 is 0. The first-order valence-corrected chi connectivity index (χ1v) is 7.83. The number of esters is 1. The number of rotatable bonds is 6. The van der Waals surface area contributed by atoms with Crippen molar-refractivity contribution in [3.05, 3.63) is 0 Å². The van der Waals surface area contributed by atoms with Crippen molar-refractivity contribution in [2.75, 3.05) is 32.8 Å². The molecule has 7 heteroatoms. The normalized spacial score (nSPS) is 17.9. The fourth-order valence-corrected chi connectivity index (χ4v) is 3.61. The van der Waals surface area contributed by atoms with Crippen molar-refractivity contribution in [3.8, 4) is 0 Å². The van der Waals surface area contributed by atoms with E-state index in [1.807, 2.05) is 0 Å². The Balaban J connectivity index is 2.69. The van der Waals surface area contributed by atoms with Gasteiger partial charge in [0, 0.05) is 19.6 Å². The Morgan fingerprint density at radius 2 is 1.83 bits per heavy atom. The molecule has 0 aromatic carbocycles. The van der Waals surface area contributed by atoms with Crippen LogP contribution in [0.3, 0.4) is 0 Å². The van der Waals surface area contributed by atoms with Gasteiger partial charge in [-0.05, 0) is 19.8 Å². The third-order valence-electron chi connectivity index (χ3n) is 2.93. The molecular weight excluding hydrogens is 256 g/mol. The van der Waals surface area contributed by atoms with Crippen LogP contribution in [-0.2, 0) is 19.7 Å². The first-order valence-electron chi connectivity index (χ1n) is 6.43. The average Bonchev–Trinajstić information content (AvgIpc) is 2.37. The van der Waals surface area contributed by atoms with Crippen molar-refractivity contribution in [1.82, 2.24) is 8.61 Å². The van der Waals surface area contributed by atoms with Crippen molar-refractivity contribution in [2.24, 2.45) is 0 Å². The summed E-state index contributed by atoms with van der Waals surface area (Å²) in [6.45, 7) is 4.85. The van der Waals surface area contributed by atoms with Gasteiger partial charge in [-0.25, -0.2) is 0 Å². The summed E-state index contributed by atoms with van der Waals surface area (Å²) < 4.78 is 32.0. The summed E-state index contributed by atoms with van der Waals surface area (Å²) in [7, 11) is -3.52. The van der Waals surface area contributed by atoms with E-state index in [1.165, 1.54) is 8.61 Å². The van der Waals surface area contributed by atoms with E-state index in [2.05, 4.69) is 0 Å². The predicted octanol–water partition coefficient (Wildman–Crippen LogP) is 0.602. The van der Waals surface area contributed by atoms with Crippen molar-refractivity contribution in [1.29, 1.82) is 0 Å². The lowest BCUT2D eigenvalue weighted by atomic mass is 10.2. The number of piperidine rings is 1. The maximum Gasteiger partial charge on any atom is 0.321 e. The molecule has 0 atom stereocenters. The van der Waals surface area contributed by atoms with Gasteiger partial charge in [0.25, 0.3) is 10.2 Å². The molecule has 18 heavy (non-hydrogen) atoms. The molecule has 1 aliphatic rings. The van der Waals surface area contributed by atoms with Crippen LogP contribution in [0.5, 0.6) is 0 Å². The van der Waals surface area contributed by atoms with Gasteiger partial charge in [-0.3, -0.25) is 4.79 Å². The van der Waals surface area contributed by atoms with Crippen LogP contribution in [0.25, 0.3) is 0 Å². The number of carbonyl (C=O) groups excluding carboxylic acids is 1. The first kappa shape index (κ1) is 15.4. The van der Waals surface area contributed by atoms with Gasteiger partial charge in [0.2, 0.25) is 0 Å². The second-order valence-corrected chi connectivity index (χ2v) is 6.13. The molecule has 0 aliphatic carbocycles. The Labute approximate surface area is 109 Å².